The van der Waals surface area contributed by atoms with Crippen LogP contribution in [0, 0.1) is 5.92 Å². The normalized spacial score (nSPS) is 11.8. The zero-order chi connectivity index (χ0) is 18.4. The number of rotatable bonds is 7. The quantitative estimate of drug-likeness (QED) is 0.599. The van der Waals surface area contributed by atoms with Crippen molar-refractivity contribution in [1.82, 2.24) is 15.2 Å². The van der Waals surface area contributed by atoms with E-state index in [0.29, 0.717) is 17.7 Å². The zero-order valence-electron chi connectivity index (χ0n) is 15.3. The van der Waals surface area contributed by atoms with E-state index in [-0.39, 0.29) is 17.4 Å². The molecular formula is C19H26N4O2. The summed E-state index contributed by atoms with van der Waals surface area (Å²) in [6.45, 7) is 7.74. The molecule has 0 saturated carbocycles. The van der Waals surface area contributed by atoms with Crippen molar-refractivity contribution >= 4 is 11.6 Å². The van der Waals surface area contributed by atoms with Gasteiger partial charge in [0.1, 0.15) is 0 Å². The summed E-state index contributed by atoms with van der Waals surface area (Å²) in [7, 11) is 0. The first-order valence-corrected chi connectivity index (χ1v) is 8.66. The van der Waals surface area contributed by atoms with E-state index in [9.17, 15) is 9.59 Å². The standard InChI is InChI=1S/C19H26N4O2/c1-5-9-16-18(14(4)20-21-17(24)12-13(2)3)19(25)23(22-16)15-10-7-6-8-11-15/h6-8,10-11,13,22H,5,9,12H2,1-4H3,(H,21,24). The van der Waals surface area contributed by atoms with Gasteiger partial charge in [-0.2, -0.15) is 5.10 Å². The summed E-state index contributed by atoms with van der Waals surface area (Å²) in [5.74, 6) is 0.110. The first kappa shape index (κ1) is 18.7. The molecule has 0 aliphatic rings. The SMILES string of the molecule is CCCc1[nH]n(-c2ccccc2)c(=O)c1C(C)=NNC(=O)CC(C)C. The van der Waals surface area contributed by atoms with Crippen molar-refractivity contribution in [2.75, 3.05) is 0 Å². The van der Waals surface area contributed by atoms with Gasteiger partial charge in [-0.1, -0.05) is 45.4 Å². The molecule has 0 radical (unpaired) electrons. The minimum absolute atomic E-state index is 0.148. The lowest BCUT2D eigenvalue weighted by Crippen LogP contribution is -2.24. The largest absolute Gasteiger partial charge is 0.294 e. The lowest BCUT2D eigenvalue weighted by molar-refractivity contribution is -0.121. The van der Waals surface area contributed by atoms with Gasteiger partial charge in [0, 0.05) is 12.1 Å². The van der Waals surface area contributed by atoms with Gasteiger partial charge >= 0.3 is 0 Å². The highest BCUT2D eigenvalue weighted by Gasteiger charge is 2.17. The summed E-state index contributed by atoms with van der Waals surface area (Å²) in [6.07, 6.45) is 2.03. The predicted octanol–water partition coefficient (Wildman–Crippen LogP) is 3.00. The summed E-state index contributed by atoms with van der Waals surface area (Å²) in [5, 5.41) is 7.32. The Morgan fingerprint density at radius 2 is 1.96 bits per heavy atom. The van der Waals surface area contributed by atoms with Crippen LogP contribution in [0.25, 0.3) is 5.69 Å². The smallest absolute Gasteiger partial charge is 0.280 e. The maximum absolute atomic E-state index is 12.9. The van der Waals surface area contributed by atoms with E-state index >= 15 is 0 Å². The number of nitrogens with one attached hydrogen (secondary N) is 2. The van der Waals surface area contributed by atoms with Crippen molar-refractivity contribution in [3.63, 3.8) is 0 Å². The van der Waals surface area contributed by atoms with Crippen LogP contribution in [0.1, 0.15) is 51.8 Å². The van der Waals surface area contributed by atoms with Crippen LogP contribution < -0.4 is 11.0 Å². The van der Waals surface area contributed by atoms with Crippen molar-refractivity contribution < 1.29 is 4.79 Å². The number of hydrogen-bond acceptors (Lipinski definition) is 3. The number of H-pyrrole nitrogens is 1. The third-order valence-electron chi connectivity index (χ3n) is 3.78. The van der Waals surface area contributed by atoms with Crippen molar-refractivity contribution in [3.05, 3.63) is 51.9 Å². The lowest BCUT2D eigenvalue weighted by atomic mass is 10.1. The molecule has 1 amide bonds. The molecule has 6 nitrogen and oxygen atoms in total. The third kappa shape index (κ3) is 4.68. The summed E-state index contributed by atoms with van der Waals surface area (Å²) in [5.41, 5.74) is 5.02. The zero-order valence-corrected chi connectivity index (χ0v) is 15.3. The predicted molar refractivity (Wildman–Crippen MR) is 100 cm³/mol. The topological polar surface area (TPSA) is 79.2 Å². The maximum atomic E-state index is 12.9. The molecule has 0 unspecified atom stereocenters. The third-order valence-corrected chi connectivity index (χ3v) is 3.78. The summed E-state index contributed by atoms with van der Waals surface area (Å²) in [4.78, 5) is 24.7. The Kier molecular flexibility index (Phi) is 6.33. The van der Waals surface area contributed by atoms with Gasteiger partial charge in [-0.3, -0.25) is 14.7 Å². The molecule has 1 aromatic heterocycles. The summed E-state index contributed by atoms with van der Waals surface area (Å²) >= 11 is 0. The highest BCUT2D eigenvalue weighted by atomic mass is 16.2. The molecule has 1 aromatic carbocycles. The highest BCUT2D eigenvalue weighted by molar-refractivity contribution is 6.00. The Morgan fingerprint density at radius 1 is 1.28 bits per heavy atom. The number of carbonyl (C=O) groups is 1. The minimum Gasteiger partial charge on any atom is -0.294 e. The Hall–Kier alpha value is -2.63. The molecule has 0 bridgehead atoms. The maximum Gasteiger partial charge on any atom is 0.280 e. The van der Waals surface area contributed by atoms with Gasteiger partial charge < -0.3 is 0 Å². The van der Waals surface area contributed by atoms with Crippen molar-refractivity contribution in [1.29, 1.82) is 0 Å². The van der Waals surface area contributed by atoms with Crippen molar-refractivity contribution in [2.45, 2.75) is 47.0 Å². The number of aromatic nitrogens is 2. The number of carbonyl (C=O) groups excluding carboxylic acids is 1. The average molecular weight is 342 g/mol. The van der Waals surface area contributed by atoms with Gasteiger partial charge in [0.2, 0.25) is 5.91 Å². The van der Waals surface area contributed by atoms with Crippen LogP contribution in [-0.2, 0) is 11.2 Å². The number of nitrogens with zero attached hydrogens (tertiary/aromatic N) is 2. The van der Waals surface area contributed by atoms with Crippen LogP contribution in [0.5, 0.6) is 0 Å². The second-order valence-corrected chi connectivity index (χ2v) is 6.52. The number of amides is 1. The minimum atomic E-state index is -0.158. The molecule has 0 aliphatic carbocycles. The van der Waals surface area contributed by atoms with Gasteiger partial charge in [-0.05, 0) is 31.4 Å². The Labute approximate surface area is 147 Å². The van der Waals surface area contributed by atoms with Crippen LogP contribution >= 0.6 is 0 Å². The molecule has 0 atom stereocenters. The van der Waals surface area contributed by atoms with Crippen LogP contribution in [0.15, 0.2) is 40.2 Å². The highest BCUT2D eigenvalue weighted by Crippen LogP contribution is 2.10. The van der Waals surface area contributed by atoms with E-state index in [4.69, 9.17) is 0 Å². The molecule has 0 fully saturated rings. The number of aromatic amines is 1. The molecule has 1 heterocycles. The average Bonchev–Trinajstić information content (AvgIpc) is 2.90. The second-order valence-electron chi connectivity index (χ2n) is 6.52. The van der Waals surface area contributed by atoms with Crippen LogP contribution in [0.2, 0.25) is 0 Å². The monoisotopic (exact) mass is 342 g/mol. The fourth-order valence-electron chi connectivity index (χ4n) is 2.66. The van der Waals surface area contributed by atoms with Gasteiger partial charge in [0.15, 0.2) is 0 Å². The van der Waals surface area contributed by atoms with E-state index in [1.165, 1.54) is 4.68 Å². The van der Waals surface area contributed by atoms with E-state index in [2.05, 4.69) is 22.5 Å². The van der Waals surface area contributed by atoms with E-state index in [1.54, 1.807) is 6.92 Å². The van der Waals surface area contributed by atoms with E-state index in [0.717, 1.165) is 24.2 Å². The summed E-state index contributed by atoms with van der Waals surface area (Å²) in [6, 6.07) is 9.41. The van der Waals surface area contributed by atoms with Crippen molar-refractivity contribution in [2.24, 2.45) is 11.0 Å². The Balaban J connectivity index is 2.37. The van der Waals surface area contributed by atoms with Crippen molar-refractivity contribution in [3.8, 4) is 5.69 Å². The molecule has 2 N–H and O–H groups in total. The van der Waals surface area contributed by atoms with Gasteiger partial charge in [-0.25, -0.2) is 10.1 Å². The number of aryl methyl sites for hydroxylation is 1. The van der Waals surface area contributed by atoms with Crippen LogP contribution in [-0.4, -0.2) is 21.4 Å². The molecule has 0 spiro atoms. The fraction of sp³-hybridized carbons (Fsp3) is 0.421. The van der Waals surface area contributed by atoms with Crippen LogP contribution in [0.4, 0.5) is 0 Å². The molecule has 2 rings (SSSR count). The first-order valence-electron chi connectivity index (χ1n) is 8.66. The lowest BCUT2D eigenvalue weighted by Gasteiger charge is -2.04. The molecule has 134 valence electrons. The number of para-hydroxylation sites is 1. The van der Waals surface area contributed by atoms with Gasteiger partial charge in [0.05, 0.1) is 17.0 Å². The number of benzene rings is 1. The Morgan fingerprint density at radius 3 is 2.56 bits per heavy atom. The fourth-order valence-corrected chi connectivity index (χ4v) is 2.66. The first-order chi connectivity index (χ1) is 11.9. The number of hydrazone groups is 1. The van der Waals surface area contributed by atoms with E-state index < -0.39 is 0 Å². The molecule has 25 heavy (non-hydrogen) atoms. The number of hydrogen-bond donors (Lipinski definition) is 2. The van der Waals surface area contributed by atoms with Gasteiger partial charge in [0.25, 0.3) is 5.56 Å². The molecule has 0 saturated heterocycles. The van der Waals surface area contributed by atoms with E-state index in [1.807, 2.05) is 44.2 Å². The Bertz CT molecular complexity index is 801. The second kappa shape index (κ2) is 8.46. The molecule has 2 aromatic rings. The molecule has 0 aliphatic heterocycles. The van der Waals surface area contributed by atoms with Gasteiger partial charge in [-0.15, -0.1) is 0 Å². The van der Waals surface area contributed by atoms with Crippen LogP contribution in [0.3, 0.4) is 0 Å². The molecular weight excluding hydrogens is 316 g/mol. The molecule has 6 heteroatoms. The summed E-state index contributed by atoms with van der Waals surface area (Å²) < 4.78 is 1.52.